The van der Waals surface area contributed by atoms with Crippen LogP contribution in [-0.4, -0.2) is 36.1 Å². The molecule has 0 saturated carbocycles. The van der Waals surface area contributed by atoms with Crippen LogP contribution in [0.25, 0.3) is 0 Å². The Hall–Kier alpha value is -2.90. The molecule has 0 spiro atoms. The van der Waals surface area contributed by atoms with Gasteiger partial charge in [0.15, 0.2) is 5.71 Å². The molecule has 30 heavy (non-hydrogen) atoms. The Bertz CT molecular complexity index is 1080. The molecule has 1 fully saturated rings. The maximum absolute atomic E-state index is 13.4. The first-order valence-electron chi connectivity index (χ1n) is 9.28. The molecule has 0 aromatic heterocycles. The second-order valence-electron chi connectivity index (χ2n) is 6.85. The number of nitrogens with zero attached hydrogens (tertiary/aromatic N) is 3. The van der Waals surface area contributed by atoms with Crippen molar-refractivity contribution in [1.29, 1.82) is 0 Å². The number of hydrogen-bond donors (Lipinski definition) is 0. The second kappa shape index (κ2) is 7.74. The Balaban J connectivity index is 1.82. The Labute approximate surface area is 182 Å². The number of hydrazone groups is 1. The molecule has 154 valence electrons. The number of rotatable bonds is 4. The summed E-state index contributed by atoms with van der Waals surface area (Å²) in [6.45, 7) is 3.50. The van der Waals surface area contributed by atoms with Gasteiger partial charge in [0.1, 0.15) is 12.0 Å². The van der Waals surface area contributed by atoms with Crippen LogP contribution in [0.5, 0.6) is 0 Å². The first-order chi connectivity index (χ1) is 14.3. The zero-order valence-electron chi connectivity index (χ0n) is 16.1. The van der Waals surface area contributed by atoms with Gasteiger partial charge >= 0.3 is 5.97 Å². The van der Waals surface area contributed by atoms with Crippen LogP contribution in [0.4, 0.5) is 11.4 Å². The van der Waals surface area contributed by atoms with Crippen LogP contribution in [0.1, 0.15) is 12.5 Å². The summed E-state index contributed by atoms with van der Waals surface area (Å²) >= 11 is 12.2. The zero-order chi connectivity index (χ0) is 21.6. The molecular formula is C21H17Cl2N3O4. The van der Waals surface area contributed by atoms with Crippen molar-refractivity contribution < 1.29 is 19.1 Å². The van der Waals surface area contributed by atoms with E-state index in [1.807, 2.05) is 0 Å². The van der Waals surface area contributed by atoms with Gasteiger partial charge in [-0.3, -0.25) is 14.6 Å². The lowest BCUT2D eigenvalue weighted by Crippen LogP contribution is -2.39. The molecule has 0 N–H and O–H groups in total. The smallest absolute Gasteiger partial charge is 0.355 e. The minimum absolute atomic E-state index is 0.0997. The van der Waals surface area contributed by atoms with Crippen molar-refractivity contribution in [2.75, 3.05) is 16.5 Å². The maximum atomic E-state index is 13.4. The molecule has 0 unspecified atom stereocenters. The SMILES string of the molecule is CCOC(=O)C1=NN(c2ccc(Cl)cc2)[C@@H]2C(=O)N(c3cccc(Cl)c3C)C(=O)[C@@H]12. The fourth-order valence-electron chi connectivity index (χ4n) is 3.67. The molecule has 2 aromatic carbocycles. The third kappa shape index (κ3) is 3.14. The van der Waals surface area contributed by atoms with Gasteiger partial charge in [-0.2, -0.15) is 5.10 Å². The third-order valence-corrected chi connectivity index (χ3v) is 5.77. The quantitative estimate of drug-likeness (QED) is 0.530. The van der Waals surface area contributed by atoms with Crippen LogP contribution >= 0.6 is 23.2 Å². The topological polar surface area (TPSA) is 79.3 Å². The Morgan fingerprint density at radius 2 is 1.80 bits per heavy atom. The number of halogens is 2. The molecular weight excluding hydrogens is 429 g/mol. The van der Waals surface area contributed by atoms with E-state index in [0.29, 0.717) is 27.0 Å². The van der Waals surface area contributed by atoms with Crippen LogP contribution in [0.3, 0.4) is 0 Å². The van der Waals surface area contributed by atoms with E-state index in [4.69, 9.17) is 27.9 Å². The largest absolute Gasteiger partial charge is 0.461 e. The minimum Gasteiger partial charge on any atom is -0.461 e. The lowest BCUT2D eigenvalue weighted by Gasteiger charge is -2.23. The van der Waals surface area contributed by atoms with E-state index in [0.717, 1.165) is 4.90 Å². The summed E-state index contributed by atoms with van der Waals surface area (Å²) in [5, 5.41) is 6.62. The van der Waals surface area contributed by atoms with Gasteiger partial charge in [-0.05, 0) is 55.8 Å². The van der Waals surface area contributed by atoms with Crippen molar-refractivity contribution in [1.82, 2.24) is 0 Å². The lowest BCUT2D eigenvalue weighted by atomic mass is 9.98. The molecule has 0 bridgehead atoms. The molecule has 1 saturated heterocycles. The fourth-order valence-corrected chi connectivity index (χ4v) is 3.97. The summed E-state index contributed by atoms with van der Waals surface area (Å²) < 4.78 is 5.08. The summed E-state index contributed by atoms with van der Waals surface area (Å²) in [6.07, 6.45) is 0. The number of fused-ring (bicyclic) bond motifs is 1. The molecule has 0 aliphatic carbocycles. The molecule has 9 heteroatoms. The molecule has 4 rings (SSSR count). The van der Waals surface area contributed by atoms with Gasteiger partial charge in [0.05, 0.1) is 18.0 Å². The van der Waals surface area contributed by atoms with E-state index in [1.165, 1.54) is 5.01 Å². The second-order valence-corrected chi connectivity index (χ2v) is 7.69. The van der Waals surface area contributed by atoms with Gasteiger partial charge < -0.3 is 4.74 Å². The fraction of sp³-hybridized carbons (Fsp3) is 0.238. The molecule has 2 aromatic rings. The predicted octanol–water partition coefficient (Wildman–Crippen LogP) is 3.60. The highest BCUT2D eigenvalue weighted by Gasteiger charge is 2.59. The first-order valence-corrected chi connectivity index (χ1v) is 10.0. The standard InChI is InChI=1S/C21H17Cl2N3O4/c1-3-30-21(29)17-16-18(26(24-17)13-9-7-12(22)8-10-13)20(28)25(19(16)27)15-6-4-5-14(23)11(15)2/h4-10,16,18H,3H2,1-2H3/t16-,18-/m0/s1. The summed E-state index contributed by atoms with van der Waals surface area (Å²) in [5.74, 6) is -2.84. The van der Waals surface area contributed by atoms with Crippen molar-refractivity contribution in [3.63, 3.8) is 0 Å². The molecule has 2 amide bonds. The summed E-state index contributed by atoms with van der Waals surface area (Å²) in [4.78, 5) is 40.4. The van der Waals surface area contributed by atoms with Crippen LogP contribution in [-0.2, 0) is 19.1 Å². The van der Waals surface area contributed by atoms with E-state index < -0.39 is 29.7 Å². The molecule has 2 aliphatic heterocycles. The minimum atomic E-state index is -1.08. The Kier molecular flexibility index (Phi) is 5.26. The summed E-state index contributed by atoms with van der Waals surface area (Å²) in [6, 6.07) is 10.6. The number of hydrogen-bond acceptors (Lipinski definition) is 6. The molecule has 7 nitrogen and oxygen atoms in total. The Morgan fingerprint density at radius 3 is 2.47 bits per heavy atom. The highest BCUT2D eigenvalue weighted by Crippen LogP contribution is 2.40. The normalized spacial score (nSPS) is 20.5. The van der Waals surface area contributed by atoms with E-state index in [9.17, 15) is 14.4 Å². The average Bonchev–Trinajstić information content (AvgIpc) is 3.23. The molecule has 0 radical (unpaired) electrons. The van der Waals surface area contributed by atoms with Crippen molar-refractivity contribution >= 4 is 58.1 Å². The van der Waals surface area contributed by atoms with E-state index in [2.05, 4.69) is 5.10 Å². The highest BCUT2D eigenvalue weighted by atomic mass is 35.5. The van der Waals surface area contributed by atoms with Gasteiger partial charge in [0, 0.05) is 10.0 Å². The van der Waals surface area contributed by atoms with Crippen molar-refractivity contribution in [3.05, 3.63) is 58.1 Å². The highest BCUT2D eigenvalue weighted by molar-refractivity contribution is 6.47. The molecule has 2 heterocycles. The van der Waals surface area contributed by atoms with Crippen molar-refractivity contribution in [2.24, 2.45) is 11.0 Å². The van der Waals surface area contributed by atoms with Crippen LogP contribution < -0.4 is 9.91 Å². The van der Waals surface area contributed by atoms with Gasteiger partial charge in [-0.1, -0.05) is 29.3 Å². The van der Waals surface area contributed by atoms with E-state index >= 15 is 0 Å². The predicted molar refractivity (Wildman–Crippen MR) is 114 cm³/mol. The molecule has 2 aliphatic rings. The van der Waals surface area contributed by atoms with Gasteiger partial charge in [-0.25, -0.2) is 9.69 Å². The van der Waals surface area contributed by atoms with Crippen LogP contribution in [0.15, 0.2) is 47.6 Å². The molecule has 2 atom stereocenters. The first kappa shape index (κ1) is 20.4. The number of amides is 2. The number of benzene rings is 2. The summed E-state index contributed by atoms with van der Waals surface area (Å²) in [7, 11) is 0. The van der Waals surface area contributed by atoms with E-state index in [-0.39, 0.29) is 12.3 Å². The maximum Gasteiger partial charge on any atom is 0.355 e. The van der Waals surface area contributed by atoms with E-state index in [1.54, 1.807) is 56.3 Å². The van der Waals surface area contributed by atoms with Crippen LogP contribution in [0, 0.1) is 12.8 Å². The Morgan fingerprint density at radius 1 is 1.10 bits per heavy atom. The van der Waals surface area contributed by atoms with Crippen molar-refractivity contribution in [3.8, 4) is 0 Å². The number of carbonyl (C=O) groups is 3. The van der Waals surface area contributed by atoms with Crippen LogP contribution in [0.2, 0.25) is 10.0 Å². The van der Waals surface area contributed by atoms with Gasteiger partial charge in [0.25, 0.3) is 5.91 Å². The average molecular weight is 446 g/mol. The third-order valence-electron chi connectivity index (χ3n) is 5.10. The summed E-state index contributed by atoms with van der Waals surface area (Å²) in [5.41, 5.74) is 1.40. The number of ether oxygens (including phenoxy) is 1. The lowest BCUT2D eigenvalue weighted by molar-refractivity contribution is -0.136. The van der Waals surface area contributed by atoms with Gasteiger partial charge in [-0.15, -0.1) is 0 Å². The van der Waals surface area contributed by atoms with Gasteiger partial charge in [0.2, 0.25) is 5.91 Å². The number of anilines is 2. The number of carbonyl (C=O) groups excluding carboxylic acids is 3. The van der Waals surface area contributed by atoms with Crippen molar-refractivity contribution in [2.45, 2.75) is 19.9 Å². The monoisotopic (exact) mass is 445 g/mol. The zero-order valence-corrected chi connectivity index (χ0v) is 17.6. The number of imide groups is 1. The number of esters is 1.